The lowest BCUT2D eigenvalue weighted by atomic mass is 9.98. The van der Waals surface area contributed by atoms with Gasteiger partial charge in [0.1, 0.15) is 0 Å². The predicted octanol–water partition coefficient (Wildman–Crippen LogP) is 1.09. The minimum Gasteiger partial charge on any atom is -0.313 e. The monoisotopic (exact) mass is 240 g/mol. The number of aryl methyl sites for hydroxylation is 1. The second-order valence-electron chi connectivity index (χ2n) is 4.45. The Morgan fingerprint density at radius 2 is 2.44 bits per heavy atom. The lowest BCUT2D eigenvalue weighted by Gasteiger charge is -2.18. The van der Waals surface area contributed by atoms with Crippen molar-refractivity contribution in [3.63, 3.8) is 0 Å². The third-order valence-electron chi connectivity index (χ3n) is 2.98. The fraction of sp³-hybridized carbons (Fsp3) is 0.818. The number of hydrogen-bond donors (Lipinski definition) is 1. The van der Waals surface area contributed by atoms with E-state index in [1.807, 2.05) is 25.0 Å². The van der Waals surface area contributed by atoms with Crippen LogP contribution in [-0.4, -0.2) is 39.1 Å². The summed E-state index contributed by atoms with van der Waals surface area (Å²) in [5.41, 5.74) is 1.12. The van der Waals surface area contributed by atoms with Crippen LogP contribution in [0.1, 0.15) is 19.0 Å². The Morgan fingerprint density at radius 3 is 3.12 bits per heavy atom. The summed E-state index contributed by atoms with van der Waals surface area (Å²) in [6.45, 7) is 3.34. The van der Waals surface area contributed by atoms with Gasteiger partial charge in [0.2, 0.25) is 0 Å². The first-order valence-electron chi connectivity index (χ1n) is 5.96. The molecule has 2 unspecified atom stereocenters. The molecule has 0 spiro atoms. The maximum absolute atomic E-state index is 4.17. The second-order valence-corrected chi connectivity index (χ2v) is 5.52. The van der Waals surface area contributed by atoms with Crippen LogP contribution in [0, 0.1) is 5.92 Å². The minimum absolute atomic E-state index is 0.659. The molecule has 1 aliphatic heterocycles. The summed E-state index contributed by atoms with van der Waals surface area (Å²) in [7, 11) is 1.92. The van der Waals surface area contributed by atoms with Crippen LogP contribution < -0.4 is 5.32 Å². The molecule has 0 saturated carbocycles. The van der Waals surface area contributed by atoms with Gasteiger partial charge >= 0.3 is 0 Å². The molecule has 0 bridgehead atoms. The molecular formula is C11H20N4S. The number of thioether (sulfide) groups is 1. The van der Waals surface area contributed by atoms with Crippen LogP contribution in [0.15, 0.2) is 6.20 Å². The Labute approximate surface area is 101 Å². The topological polar surface area (TPSA) is 42.7 Å². The lowest BCUT2D eigenvalue weighted by Crippen LogP contribution is -2.36. The van der Waals surface area contributed by atoms with Crippen molar-refractivity contribution in [2.24, 2.45) is 13.0 Å². The molecule has 0 amide bonds. The fourth-order valence-electron chi connectivity index (χ4n) is 2.11. The van der Waals surface area contributed by atoms with E-state index in [4.69, 9.17) is 0 Å². The van der Waals surface area contributed by atoms with Crippen LogP contribution in [0.25, 0.3) is 0 Å². The molecule has 1 N–H and O–H groups in total. The second kappa shape index (κ2) is 5.68. The van der Waals surface area contributed by atoms with Gasteiger partial charge in [-0.3, -0.25) is 4.68 Å². The van der Waals surface area contributed by atoms with E-state index in [1.54, 1.807) is 4.68 Å². The molecule has 1 saturated heterocycles. The highest BCUT2D eigenvalue weighted by Gasteiger charge is 2.27. The number of nitrogens with zero attached hydrogens (tertiary/aromatic N) is 3. The summed E-state index contributed by atoms with van der Waals surface area (Å²) in [5, 5.41) is 11.8. The van der Waals surface area contributed by atoms with Crippen molar-refractivity contribution >= 4 is 11.8 Å². The van der Waals surface area contributed by atoms with Gasteiger partial charge in [0.25, 0.3) is 0 Å². The van der Waals surface area contributed by atoms with Gasteiger partial charge in [-0.05, 0) is 31.1 Å². The smallest absolute Gasteiger partial charge is 0.0830 e. The molecule has 0 radical (unpaired) electrons. The Balaban J connectivity index is 1.88. The van der Waals surface area contributed by atoms with Crippen molar-refractivity contribution < 1.29 is 0 Å². The average molecular weight is 240 g/mol. The van der Waals surface area contributed by atoms with Gasteiger partial charge in [-0.15, -0.1) is 5.10 Å². The fourth-order valence-corrected chi connectivity index (χ4v) is 3.55. The van der Waals surface area contributed by atoms with Crippen LogP contribution in [-0.2, 0) is 13.5 Å². The Hall–Kier alpha value is -0.550. The molecule has 1 fully saturated rings. The number of aromatic nitrogens is 3. The van der Waals surface area contributed by atoms with Crippen molar-refractivity contribution in [2.45, 2.75) is 25.8 Å². The zero-order valence-corrected chi connectivity index (χ0v) is 10.8. The Morgan fingerprint density at radius 1 is 1.56 bits per heavy atom. The molecule has 2 atom stereocenters. The molecule has 1 aromatic rings. The SMILES string of the molecule is CCCNC1CSCC1Cc1cn(C)nn1. The third-order valence-corrected chi connectivity index (χ3v) is 4.24. The van der Waals surface area contributed by atoms with Gasteiger partial charge in [-0.25, -0.2) is 0 Å². The van der Waals surface area contributed by atoms with E-state index in [2.05, 4.69) is 22.6 Å². The van der Waals surface area contributed by atoms with Gasteiger partial charge in [-0.2, -0.15) is 11.8 Å². The minimum atomic E-state index is 0.659. The Bertz CT molecular complexity index is 326. The summed E-state index contributed by atoms with van der Waals surface area (Å²) in [4.78, 5) is 0. The van der Waals surface area contributed by atoms with Crippen LogP contribution in [0.2, 0.25) is 0 Å². The number of nitrogens with one attached hydrogen (secondary N) is 1. The van der Waals surface area contributed by atoms with Crippen LogP contribution in [0.4, 0.5) is 0 Å². The van der Waals surface area contributed by atoms with E-state index in [-0.39, 0.29) is 0 Å². The van der Waals surface area contributed by atoms with Gasteiger partial charge in [-0.1, -0.05) is 12.1 Å². The molecule has 16 heavy (non-hydrogen) atoms. The number of rotatable bonds is 5. The average Bonchev–Trinajstić information content (AvgIpc) is 2.86. The van der Waals surface area contributed by atoms with E-state index in [0.717, 1.165) is 18.7 Å². The summed E-state index contributed by atoms with van der Waals surface area (Å²) in [5.74, 6) is 3.20. The zero-order chi connectivity index (χ0) is 11.4. The van der Waals surface area contributed by atoms with E-state index < -0.39 is 0 Å². The standard InChI is InChI=1S/C11H20N4S/c1-3-4-12-11-8-16-7-9(11)5-10-6-15(2)14-13-10/h6,9,11-12H,3-5,7-8H2,1-2H3. The normalized spacial score (nSPS) is 25.1. The van der Waals surface area contributed by atoms with E-state index in [9.17, 15) is 0 Å². The highest BCUT2D eigenvalue weighted by Crippen LogP contribution is 2.26. The van der Waals surface area contributed by atoms with Crippen molar-refractivity contribution in [1.82, 2.24) is 20.3 Å². The maximum Gasteiger partial charge on any atom is 0.0830 e. The highest BCUT2D eigenvalue weighted by molar-refractivity contribution is 7.99. The summed E-state index contributed by atoms with van der Waals surface area (Å²) >= 11 is 2.05. The molecule has 0 aromatic carbocycles. The third kappa shape index (κ3) is 2.98. The first-order valence-corrected chi connectivity index (χ1v) is 7.11. The lowest BCUT2D eigenvalue weighted by molar-refractivity contribution is 0.422. The largest absolute Gasteiger partial charge is 0.313 e. The molecule has 1 aromatic heterocycles. The van der Waals surface area contributed by atoms with Crippen LogP contribution >= 0.6 is 11.8 Å². The molecule has 2 heterocycles. The van der Waals surface area contributed by atoms with E-state index >= 15 is 0 Å². The molecule has 0 aliphatic carbocycles. The highest BCUT2D eigenvalue weighted by atomic mass is 32.2. The summed E-state index contributed by atoms with van der Waals surface area (Å²) < 4.78 is 1.78. The van der Waals surface area contributed by atoms with Crippen molar-refractivity contribution in [1.29, 1.82) is 0 Å². The van der Waals surface area contributed by atoms with Crippen LogP contribution in [0.3, 0.4) is 0 Å². The zero-order valence-electron chi connectivity index (χ0n) is 10.0. The van der Waals surface area contributed by atoms with Gasteiger partial charge < -0.3 is 5.32 Å². The summed E-state index contributed by atoms with van der Waals surface area (Å²) in [6.07, 6.45) is 4.29. The maximum atomic E-state index is 4.17. The van der Waals surface area contributed by atoms with E-state index in [0.29, 0.717) is 12.0 Å². The molecule has 90 valence electrons. The van der Waals surface area contributed by atoms with Crippen molar-refractivity contribution in [3.8, 4) is 0 Å². The molecule has 2 rings (SSSR count). The van der Waals surface area contributed by atoms with Gasteiger partial charge in [0, 0.05) is 25.0 Å². The first-order chi connectivity index (χ1) is 7.79. The molecule has 4 nitrogen and oxygen atoms in total. The molecular weight excluding hydrogens is 220 g/mol. The Kier molecular flexibility index (Phi) is 4.23. The van der Waals surface area contributed by atoms with Gasteiger partial charge in [0.05, 0.1) is 5.69 Å². The van der Waals surface area contributed by atoms with Crippen LogP contribution in [0.5, 0.6) is 0 Å². The first kappa shape index (κ1) is 11.9. The quantitative estimate of drug-likeness (QED) is 0.836. The predicted molar refractivity (Wildman–Crippen MR) is 67.6 cm³/mol. The molecule has 1 aliphatic rings. The van der Waals surface area contributed by atoms with Gasteiger partial charge in [0.15, 0.2) is 0 Å². The van der Waals surface area contributed by atoms with Crippen molar-refractivity contribution in [2.75, 3.05) is 18.1 Å². The number of hydrogen-bond acceptors (Lipinski definition) is 4. The van der Waals surface area contributed by atoms with Crippen molar-refractivity contribution in [3.05, 3.63) is 11.9 Å². The molecule has 5 heteroatoms. The summed E-state index contributed by atoms with van der Waals surface area (Å²) in [6, 6.07) is 0.659. The van der Waals surface area contributed by atoms with E-state index in [1.165, 1.54) is 17.9 Å².